The molecule has 0 aliphatic carbocycles. The van der Waals surface area contributed by atoms with Crippen molar-refractivity contribution in [3.05, 3.63) is 34.3 Å². The second-order valence-corrected chi connectivity index (χ2v) is 6.06. The van der Waals surface area contributed by atoms with Gasteiger partial charge in [0.1, 0.15) is 0 Å². The first-order valence-corrected chi connectivity index (χ1v) is 6.85. The predicted molar refractivity (Wildman–Crippen MR) is 78.5 cm³/mol. The number of nitrogens with one attached hydrogen (secondary N) is 1. The predicted octanol–water partition coefficient (Wildman–Crippen LogP) is 2.92. The van der Waals surface area contributed by atoms with Crippen LogP contribution in [0.25, 0.3) is 0 Å². The van der Waals surface area contributed by atoms with Crippen molar-refractivity contribution < 1.29 is 0 Å². The van der Waals surface area contributed by atoms with E-state index < -0.39 is 0 Å². The Hall–Kier alpha value is -0.380. The van der Waals surface area contributed by atoms with E-state index in [1.165, 1.54) is 5.56 Å². The summed E-state index contributed by atoms with van der Waals surface area (Å²) in [6, 6.07) is 8.58. The minimum absolute atomic E-state index is 0.199. The maximum absolute atomic E-state index is 3.46. The molecule has 1 aromatic carbocycles. The van der Waals surface area contributed by atoms with Crippen LogP contribution in [0.5, 0.6) is 0 Å². The van der Waals surface area contributed by atoms with Crippen LogP contribution >= 0.6 is 15.9 Å². The third-order valence-electron chi connectivity index (χ3n) is 3.29. The molecule has 0 bridgehead atoms. The van der Waals surface area contributed by atoms with E-state index in [1.807, 2.05) is 7.05 Å². The monoisotopic (exact) mass is 298 g/mol. The molecule has 96 valence electrons. The van der Waals surface area contributed by atoms with Gasteiger partial charge in [-0.15, -0.1) is 0 Å². The van der Waals surface area contributed by atoms with E-state index in [4.69, 9.17) is 0 Å². The van der Waals surface area contributed by atoms with Gasteiger partial charge in [0.05, 0.1) is 0 Å². The number of hydrogen-bond acceptors (Lipinski definition) is 2. The van der Waals surface area contributed by atoms with Gasteiger partial charge in [-0.2, -0.15) is 0 Å². The maximum Gasteiger partial charge on any atom is 0.0274 e. The van der Waals surface area contributed by atoms with Crippen molar-refractivity contribution in [2.24, 2.45) is 0 Å². The zero-order valence-corrected chi connectivity index (χ0v) is 12.8. The highest BCUT2D eigenvalue weighted by atomic mass is 79.9. The van der Waals surface area contributed by atoms with Crippen LogP contribution in [0.15, 0.2) is 28.7 Å². The van der Waals surface area contributed by atoms with Gasteiger partial charge in [0.25, 0.3) is 0 Å². The Labute approximate surface area is 114 Å². The highest BCUT2D eigenvalue weighted by Gasteiger charge is 2.21. The van der Waals surface area contributed by atoms with Crippen LogP contribution in [0.3, 0.4) is 0 Å². The first-order chi connectivity index (χ1) is 7.95. The molecule has 0 saturated heterocycles. The number of hydrogen-bond donors (Lipinski definition) is 1. The van der Waals surface area contributed by atoms with Crippen LogP contribution in [-0.2, 0) is 6.42 Å². The standard InChI is InChI=1S/C14H23BrN2/c1-14(2,11-16-3)17(4)10-9-12-5-7-13(15)8-6-12/h5-8,16H,9-11H2,1-4H3. The van der Waals surface area contributed by atoms with E-state index >= 15 is 0 Å². The van der Waals surface area contributed by atoms with Gasteiger partial charge in [0.2, 0.25) is 0 Å². The molecule has 0 atom stereocenters. The molecular weight excluding hydrogens is 276 g/mol. The first kappa shape index (κ1) is 14.7. The summed E-state index contributed by atoms with van der Waals surface area (Å²) in [6.45, 7) is 6.62. The van der Waals surface area contributed by atoms with Crippen molar-refractivity contribution in [3.8, 4) is 0 Å². The van der Waals surface area contributed by atoms with E-state index in [2.05, 4.69) is 71.3 Å². The number of halogens is 1. The van der Waals surface area contributed by atoms with Crippen molar-refractivity contribution in [1.82, 2.24) is 10.2 Å². The quantitative estimate of drug-likeness (QED) is 0.869. The molecule has 0 fully saturated rings. The van der Waals surface area contributed by atoms with Crippen molar-refractivity contribution in [3.63, 3.8) is 0 Å². The molecule has 1 N–H and O–H groups in total. The molecule has 2 nitrogen and oxygen atoms in total. The average molecular weight is 299 g/mol. The summed E-state index contributed by atoms with van der Waals surface area (Å²) in [6.07, 6.45) is 1.09. The molecule has 1 aromatic rings. The summed E-state index contributed by atoms with van der Waals surface area (Å²) < 4.78 is 1.14. The lowest BCUT2D eigenvalue weighted by atomic mass is 10.0. The normalized spacial score (nSPS) is 12.1. The van der Waals surface area contributed by atoms with Crippen LogP contribution < -0.4 is 5.32 Å². The fourth-order valence-corrected chi connectivity index (χ4v) is 2.08. The molecule has 0 saturated carbocycles. The van der Waals surface area contributed by atoms with Crippen molar-refractivity contribution in [1.29, 1.82) is 0 Å². The van der Waals surface area contributed by atoms with Gasteiger partial charge in [0.15, 0.2) is 0 Å². The highest BCUT2D eigenvalue weighted by Crippen LogP contribution is 2.14. The molecule has 0 aliphatic heterocycles. The number of benzene rings is 1. The van der Waals surface area contributed by atoms with E-state index in [0.717, 1.165) is 24.0 Å². The molecule has 0 unspecified atom stereocenters. The van der Waals surface area contributed by atoms with Crippen LogP contribution in [0, 0.1) is 0 Å². The molecular formula is C14H23BrN2. The lowest BCUT2D eigenvalue weighted by Crippen LogP contribution is -2.48. The van der Waals surface area contributed by atoms with E-state index in [1.54, 1.807) is 0 Å². The Kier molecular flexibility index (Phi) is 5.63. The lowest BCUT2D eigenvalue weighted by molar-refractivity contribution is 0.157. The Bertz CT molecular complexity index is 333. The maximum atomic E-state index is 3.46. The smallest absolute Gasteiger partial charge is 0.0274 e. The third-order valence-corrected chi connectivity index (χ3v) is 3.82. The summed E-state index contributed by atoms with van der Waals surface area (Å²) in [4.78, 5) is 2.41. The number of rotatable bonds is 6. The summed E-state index contributed by atoms with van der Waals surface area (Å²) in [5.74, 6) is 0. The van der Waals surface area contributed by atoms with Gasteiger partial charge in [-0.3, -0.25) is 4.90 Å². The molecule has 0 spiro atoms. The third kappa shape index (κ3) is 4.78. The SMILES string of the molecule is CNCC(C)(C)N(C)CCc1ccc(Br)cc1. The lowest BCUT2D eigenvalue weighted by Gasteiger charge is -2.35. The summed E-state index contributed by atoms with van der Waals surface area (Å²) in [5.41, 5.74) is 1.59. The summed E-state index contributed by atoms with van der Waals surface area (Å²) in [5, 5.41) is 3.25. The second-order valence-electron chi connectivity index (χ2n) is 5.14. The zero-order chi connectivity index (χ0) is 12.9. The fraction of sp³-hybridized carbons (Fsp3) is 0.571. The number of likely N-dealkylation sites (N-methyl/N-ethyl adjacent to an activating group) is 2. The Morgan fingerprint density at radius 2 is 1.82 bits per heavy atom. The highest BCUT2D eigenvalue weighted by molar-refractivity contribution is 9.10. The molecule has 0 radical (unpaired) electrons. The number of nitrogens with zero attached hydrogens (tertiary/aromatic N) is 1. The van der Waals surface area contributed by atoms with Crippen LogP contribution in [0.1, 0.15) is 19.4 Å². The van der Waals surface area contributed by atoms with E-state index in [9.17, 15) is 0 Å². The van der Waals surface area contributed by atoms with Gasteiger partial charge >= 0.3 is 0 Å². The van der Waals surface area contributed by atoms with E-state index in [-0.39, 0.29) is 5.54 Å². The van der Waals surface area contributed by atoms with Crippen molar-refractivity contribution in [2.75, 3.05) is 27.2 Å². The molecule has 0 aliphatic rings. The summed E-state index contributed by atoms with van der Waals surface area (Å²) >= 11 is 3.46. The largest absolute Gasteiger partial charge is 0.318 e. The topological polar surface area (TPSA) is 15.3 Å². The fourth-order valence-electron chi connectivity index (χ4n) is 1.82. The molecule has 0 amide bonds. The van der Waals surface area contributed by atoms with Crippen LogP contribution in [0.4, 0.5) is 0 Å². The Morgan fingerprint density at radius 3 is 2.35 bits per heavy atom. The first-order valence-electron chi connectivity index (χ1n) is 6.06. The molecule has 0 heterocycles. The van der Waals surface area contributed by atoms with Crippen LogP contribution in [0.2, 0.25) is 0 Å². The van der Waals surface area contributed by atoms with Gasteiger partial charge in [-0.25, -0.2) is 0 Å². The minimum atomic E-state index is 0.199. The van der Waals surface area contributed by atoms with Crippen molar-refractivity contribution >= 4 is 15.9 Å². The zero-order valence-electron chi connectivity index (χ0n) is 11.3. The summed E-state index contributed by atoms with van der Waals surface area (Å²) in [7, 11) is 4.19. The Morgan fingerprint density at radius 1 is 1.24 bits per heavy atom. The van der Waals surface area contributed by atoms with Crippen molar-refractivity contribution in [2.45, 2.75) is 25.8 Å². The molecule has 17 heavy (non-hydrogen) atoms. The van der Waals surface area contributed by atoms with Gasteiger partial charge < -0.3 is 5.32 Å². The second kappa shape index (κ2) is 6.53. The minimum Gasteiger partial charge on any atom is -0.318 e. The van der Waals surface area contributed by atoms with Crippen LogP contribution in [-0.4, -0.2) is 37.6 Å². The van der Waals surface area contributed by atoms with Gasteiger partial charge in [-0.1, -0.05) is 28.1 Å². The van der Waals surface area contributed by atoms with E-state index in [0.29, 0.717) is 0 Å². The van der Waals surface area contributed by atoms with Gasteiger partial charge in [0, 0.05) is 23.1 Å². The molecule has 1 rings (SSSR count). The van der Waals surface area contributed by atoms with Gasteiger partial charge in [-0.05, 0) is 52.1 Å². The molecule has 0 aromatic heterocycles. The Balaban J connectivity index is 2.47. The average Bonchev–Trinajstić information content (AvgIpc) is 2.27. The molecule has 3 heteroatoms.